The number of benzene rings is 1. The molecule has 51 heavy (non-hydrogen) atoms. The molecule has 1 aliphatic heterocycles. The second kappa shape index (κ2) is 15.7. The van der Waals surface area contributed by atoms with Crippen LogP contribution in [-0.4, -0.2) is 107 Å². The van der Waals surface area contributed by atoms with Crippen LogP contribution < -0.4 is 16.0 Å². The first kappa shape index (κ1) is 38.2. The lowest BCUT2D eigenvalue weighted by molar-refractivity contribution is -0.169. The van der Waals surface area contributed by atoms with Gasteiger partial charge in [-0.15, -0.1) is 0 Å². The van der Waals surface area contributed by atoms with Gasteiger partial charge >= 0.3 is 6.18 Å². The van der Waals surface area contributed by atoms with Crippen molar-refractivity contribution in [3.63, 3.8) is 0 Å². The molecule has 5 rings (SSSR count). The third-order valence-corrected chi connectivity index (χ3v) is 10.4. The molecule has 1 aromatic heterocycles. The standard InChI is InChI=1S/C35H47F4N7O5/c1-6-46-26(13-14-40-46)32(48)42-29(27(21-7-8-21)22-9-10-22)33(49)41-25-12-11-23(17-24(25)36)28(35(37,38)39)30(43-31(47)20(3)51-5)34(50)45-16-15-44(4)19(2)18-45/h11-14,17,19-22,27-30H,6-10,15-16,18H2,1-5H3,(H,41,49)(H,42,48)(H,43,47)/t19-,20+,28-,29+,30+/m1/s1. The molecule has 280 valence electrons. The van der Waals surface area contributed by atoms with Crippen LogP contribution >= 0.6 is 0 Å². The first-order valence-electron chi connectivity index (χ1n) is 17.5. The van der Waals surface area contributed by atoms with Crippen molar-refractivity contribution in [2.75, 3.05) is 39.1 Å². The number of halogens is 4. The normalized spacial score (nSPS) is 20.7. The summed E-state index contributed by atoms with van der Waals surface area (Å²) in [5.74, 6) is -6.67. The van der Waals surface area contributed by atoms with Gasteiger partial charge in [0.25, 0.3) is 5.91 Å². The third kappa shape index (κ3) is 8.88. The number of likely N-dealkylation sites (N-methyl/N-ethyl adjacent to an activating group) is 1. The minimum Gasteiger partial charge on any atom is -0.372 e. The Morgan fingerprint density at radius 1 is 1.00 bits per heavy atom. The van der Waals surface area contributed by atoms with Gasteiger partial charge in [-0.05, 0) is 95.0 Å². The number of rotatable bonds is 14. The number of alkyl halides is 3. The van der Waals surface area contributed by atoms with Crippen LogP contribution in [0.3, 0.4) is 0 Å². The summed E-state index contributed by atoms with van der Waals surface area (Å²) >= 11 is 0. The Balaban J connectivity index is 1.43. The Morgan fingerprint density at radius 3 is 2.22 bits per heavy atom. The van der Waals surface area contributed by atoms with Crippen LogP contribution in [0.4, 0.5) is 23.2 Å². The molecule has 16 heteroatoms. The molecule has 3 fully saturated rings. The summed E-state index contributed by atoms with van der Waals surface area (Å²) in [6, 6.07) is 0.859. The molecule has 0 spiro atoms. The van der Waals surface area contributed by atoms with E-state index in [0.29, 0.717) is 19.2 Å². The molecule has 0 unspecified atom stereocenters. The minimum atomic E-state index is -5.10. The molecule has 2 aliphatic carbocycles. The predicted molar refractivity (Wildman–Crippen MR) is 179 cm³/mol. The van der Waals surface area contributed by atoms with E-state index in [0.717, 1.165) is 37.8 Å². The van der Waals surface area contributed by atoms with E-state index in [1.807, 2.05) is 25.8 Å². The maximum Gasteiger partial charge on any atom is 0.398 e. The Kier molecular flexibility index (Phi) is 11.7. The van der Waals surface area contributed by atoms with Crippen LogP contribution in [0.2, 0.25) is 0 Å². The maximum atomic E-state index is 15.8. The van der Waals surface area contributed by atoms with Crippen LogP contribution in [0.15, 0.2) is 30.5 Å². The Labute approximate surface area is 294 Å². The van der Waals surface area contributed by atoms with Crippen LogP contribution in [0.5, 0.6) is 0 Å². The fraction of sp³-hybridized carbons (Fsp3) is 0.629. The molecule has 3 aliphatic rings. The molecule has 0 radical (unpaired) electrons. The first-order chi connectivity index (χ1) is 24.1. The number of nitrogens with one attached hydrogen (secondary N) is 3. The van der Waals surface area contributed by atoms with Gasteiger partial charge in [0.05, 0.1) is 5.69 Å². The van der Waals surface area contributed by atoms with E-state index >= 15 is 4.39 Å². The maximum absolute atomic E-state index is 15.8. The number of hydrogen-bond acceptors (Lipinski definition) is 7. The van der Waals surface area contributed by atoms with Gasteiger partial charge < -0.3 is 30.5 Å². The highest BCUT2D eigenvalue weighted by atomic mass is 19.4. The third-order valence-electron chi connectivity index (χ3n) is 10.4. The number of aryl methyl sites for hydroxylation is 1. The van der Waals surface area contributed by atoms with Crippen LogP contribution in [0, 0.1) is 23.6 Å². The molecule has 3 N–H and O–H groups in total. The summed E-state index contributed by atoms with van der Waals surface area (Å²) in [5.41, 5.74) is -0.743. The van der Waals surface area contributed by atoms with Crippen LogP contribution in [0.1, 0.15) is 68.4 Å². The van der Waals surface area contributed by atoms with Crippen molar-refractivity contribution in [2.45, 2.75) is 89.3 Å². The fourth-order valence-electron chi connectivity index (χ4n) is 6.94. The molecular formula is C35H47F4N7O5. The quantitative estimate of drug-likeness (QED) is 0.254. The number of nitrogens with zero attached hydrogens (tertiary/aromatic N) is 4. The summed E-state index contributed by atoms with van der Waals surface area (Å²) in [7, 11) is 3.05. The van der Waals surface area contributed by atoms with Crippen molar-refractivity contribution >= 4 is 29.3 Å². The molecule has 12 nitrogen and oxygen atoms in total. The Morgan fingerprint density at radius 2 is 1.67 bits per heavy atom. The van der Waals surface area contributed by atoms with Gasteiger partial charge in [0.1, 0.15) is 35.6 Å². The molecular weight excluding hydrogens is 674 g/mol. The molecule has 2 heterocycles. The zero-order chi connectivity index (χ0) is 37.2. The van der Waals surface area contributed by atoms with Gasteiger partial charge in [0.15, 0.2) is 0 Å². The van der Waals surface area contributed by atoms with Crippen molar-refractivity contribution < 1.29 is 41.5 Å². The SMILES string of the molecule is CCn1nccc1C(=O)N[C@H](C(=O)Nc1ccc([C@H]([C@H](NC(=O)[C@H](C)OC)C(=O)N2CCN(C)[C@H](C)C2)C(F)(F)F)cc1F)C(C1CC1)C1CC1. The highest BCUT2D eigenvalue weighted by Crippen LogP contribution is 2.51. The number of methoxy groups -OCH3 is 1. The van der Waals surface area contributed by atoms with Gasteiger partial charge in [-0.2, -0.15) is 18.3 Å². The molecule has 0 bridgehead atoms. The lowest BCUT2D eigenvalue weighted by Crippen LogP contribution is -2.60. The number of piperazine rings is 1. The molecule has 2 saturated carbocycles. The van der Waals surface area contributed by atoms with Crippen LogP contribution in [0.25, 0.3) is 0 Å². The largest absolute Gasteiger partial charge is 0.398 e. The number of carbonyl (C=O) groups excluding carboxylic acids is 4. The topological polar surface area (TPSA) is 138 Å². The smallest absolute Gasteiger partial charge is 0.372 e. The zero-order valence-electron chi connectivity index (χ0n) is 29.5. The van der Waals surface area contributed by atoms with Crippen molar-refractivity contribution in [1.29, 1.82) is 0 Å². The summed E-state index contributed by atoms with van der Waals surface area (Å²) in [6.07, 6.45) is -1.22. The summed E-state index contributed by atoms with van der Waals surface area (Å²) in [5, 5.41) is 11.7. The highest BCUT2D eigenvalue weighted by molar-refractivity contribution is 6.01. The van der Waals surface area contributed by atoms with E-state index in [9.17, 15) is 32.3 Å². The predicted octanol–water partition coefficient (Wildman–Crippen LogP) is 3.54. The number of amides is 4. The van der Waals surface area contributed by atoms with Crippen molar-refractivity contribution in [1.82, 2.24) is 30.2 Å². The van der Waals surface area contributed by atoms with E-state index in [1.165, 1.54) is 35.9 Å². The minimum absolute atomic E-state index is 0.132. The van der Waals surface area contributed by atoms with E-state index in [4.69, 9.17) is 4.74 Å². The average molecular weight is 722 g/mol. The second-order valence-corrected chi connectivity index (χ2v) is 14.0. The Hall–Kier alpha value is -4.05. The number of ether oxygens (including phenoxy) is 1. The van der Waals surface area contributed by atoms with Crippen molar-refractivity contribution in [3.05, 3.63) is 47.5 Å². The Bertz CT molecular complexity index is 1580. The number of hydrogen-bond donors (Lipinski definition) is 3. The van der Waals surface area contributed by atoms with Crippen molar-refractivity contribution in [2.24, 2.45) is 17.8 Å². The molecule has 1 aromatic carbocycles. The van der Waals surface area contributed by atoms with Crippen molar-refractivity contribution in [3.8, 4) is 0 Å². The van der Waals surface area contributed by atoms with Gasteiger partial charge in [-0.25, -0.2) is 4.39 Å². The lowest BCUT2D eigenvalue weighted by Gasteiger charge is -2.40. The fourth-order valence-corrected chi connectivity index (χ4v) is 6.94. The van der Waals surface area contributed by atoms with Crippen LogP contribution in [-0.2, 0) is 25.7 Å². The van der Waals surface area contributed by atoms with Gasteiger partial charge in [-0.3, -0.25) is 23.9 Å². The number of carbonyl (C=O) groups is 4. The van der Waals surface area contributed by atoms with E-state index < -0.39 is 65.3 Å². The molecule has 4 amide bonds. The molecule has 1 saturated heterocycles. The lowest BCUT2D eigenvalue weighted by atomic mass is 9.88. The first-order valence-corrected chi connectivity index (χ1v) is 17.5. The summed E-state index contributed by atoms with van der Waals surface area (Å²) < 4.78 is 67.1. The highest BCUT2D eigenvalue weighted by Gasteiger charge is 2.51. The molecule has 5 atom stereocenters. The van der Waals surface area contributed by atoms with E-state index in [-0.39, 0.29) is 48.3 Å². The van der Waals surface area contributed by atoms with Gasteiger partial charge in [0.2, 0.25) is 17.7 Å². The summed E-state index contributed by atoms with van der Waals surface area (Å²) in [6.45, 7) is 6.09. The molecule has 2 aromatic rings. The van der Waals surface area contributed by atoms with E-state index in [1.54, 1.807) is 0 Å². The number of anilines is 1. The van der Waals surface area contributed by atoms with E-state index in [2.05, 4.69) is 21.0 Å². The zero-order valence-corrected chi connectivity index (χ0v) is 29.5. The monoisotopic (exact) mass is 721 g/mol. The van der Waals surface area contributed by atoms with Gasteiger partial charge in [-0.1, -0.05) is 6.07 Å². The second-order valence-electron chi connectivity index (χ2n) is 14.0. The van der Waals surface area contributed by atoms with Gasteiger partial charge in [0, 0.05) is 45.5 Å². The average Bonchev–Trinajstić information content (AvgIpc) is 4.04. The summed E-state index contributed by atoms with van der Waals surface area (Å²) in [4.78, 5) is 57.0. The number of aromatic nitrogens is 2.